The van der Waals surface area contributed by atoms with Crippen molar-refractivity contribution in [1.82, 2.24) is 0 Å². The van der Waals surface area contributed by atoms with Crippen molar-refractivity contribution < 1.29 is 21.2 Å². The third-order valence-corrected chi connectivity index (χ3v) is 18.8. The van der Waals surface area contributed by atoms with E-state index >= 15 is 0 Å². The Morgan fingerprint density at radius 1 is 0.870 bits per heavy atom. The first-order chi connectivity index (χ1) is 11.0. The third-order valence-electron chi connectivity index (χ3n) is 4.25. The van der Waals surface area contributed by atoms with Gasteiger partial charge in [0.2, 0.25) is 0 Å². The molecule has 0 aromatic heterocycles. The van der Waals surface area contributed by atoms with Crippen LogP contribution in [0.25, 0.3) is 0 Å². The van der Waals surface area contributed by atoms with Gasteiger partial charge in [-0.05, 0) is 37.5 Å². The molecule has 0 N–H and O–H groups in total. The van der Waals surface area contributed by atoms with E-state index in [0.29, 0.717) is 0 Å². The van der Waals surface area contributed by atoms with Crippen molar-refractivity contribution in [2.24, 2.45) is 0 Å². The first kappa shape index (κ1) is 21.7. The largest absolute Gasteiger partial charge is 0.420 e. The second kappa shape index (κ2) is 11.3. The van der Waals surface area contributed by atoms with Gasteiger partial charge in [0.05, 0.1) is 5.73 Å². The monoisotopic (exact) mass is 396 g/mol. The summed E-state index contributed by atoms with van der Waals surface area (Å²) >= 11 is 0. The molecule has 0 saturated carbocycles. The zero-order valence-corrected chi connectivity index (χ0v) is 20.3. The van der Waals surface area contributed by atoms with Gasteiger partial charge in [-0.25, -0.2) is 0 Å². The molecule has 0 aromatic rings. The molecule has 5 nitrogen and oxygen atoms in total. The molecule has 0 radical (unpaired) electrons. The maximum Gasteiger partial charge on any atom is 0.349 e. The summed E-state index contributed by atoms with van der Waals surface area (Å²) in [6.07, 6.45) is 2.23. The molecule has 1 fully saturated rings. The van der Waals surface area contributed by atoms with Gasteiger partial charge in [-0.1, -0.05) is 41.0 Å². The molecule has 3 atom stereocenters. The number of ether oxygens (including phenoxy) is 1. The summed E-state index contributed by atoms with van der Waals surface area (Å²) in [5.41, 5.74) is 0.0363. The Bertz CT molecular complexity index is 308. The fraction of sp³-hybridized carbons (Fsp3) is 1.00. The fourth-order valence-corrected chi connectivity index (χ4v) is 20.1. The van der Waals surface area contributed by atoms with E-state index in [1.807, 2.05) is 0 Å². The van der Waals surface area contributed by atoms with Gasteiger partial charge in [0.1, 0.15) is 0 Å². The summed E-state index contributed by atoms with van der Waals surface area (Å²) in [7, 11) is -7.47. The average molecular weight is 397 g/mol. The highest BCUT2D eigenvalue weighted by atomic mass is 28.5. The summed E-state index contributed by atoms with van der Waals surface area (Å²) in [5, 5.41) is 0. The van der Waals surface area contributed by atoms with Crippen LogP contribution >= 0.6 is 0 Å². The Labute approximate surface area is 148 Å². The fourth-order valence-electron chi connectivity index (χ4n) is 2.63. The number of hydrogen-bond acceptors (Lipinski definition) is 5. The second-order valence-electron chi connectivity index (χ2n) is 6.05. The SMILES string of the molecule is CCCCOC(C)[Si]1(CC)O[SiH](CC)O[SiH](CC)O[SiH](CC)O1. The van der Waals surface area contributed by atoms with E-state index in [1.54, 1.807) is 0 Å². The smallest absolute Gasteiger partial charge is 0.349 e. The van der Waals surface area contributed by atoms with E-state index in [1.165, 1.54) is 0 Å². The summed E-state index contributed by atoms with van der Waals surface area (Å²) in [5.74, 6) is 0. The van der Waals surface area contributed by atoms with E-state index in [-0.39, 0.29) is 5.73 Å². The minimum Gasteiger partial charge on any atom is -0.420 e. The van der Waals surface area contributed by atoms with E-state index in [9.17, 15) is 0 Å². The van der Waals surface area contributed by atoms with Crippen molar-refractivity contribution in [3.8, 4) is 0 Å². The molecule has 23 heavy (non-hydrogen) atoms. The Hall–Kier alpha value is 0.668. The van der Waals surface area contributed by atoms with Gasteiger partial charge in [0.25, 0.3) is 0 Å². The first-order valence-corrected chi connectivity index (χ1v) is 16.7. The van der Waals surface area contributed by atoms with Gasteiger partial charge in [0.15, 0.2) is 0 Å². The van der Waals surface area contributed by atoms with Crippen LogP contribution in [0.15, 0.2) is 0 Å². The number of rotatable bonds is 9. The zero-order chi connectivity index (χ0) is 17.3. The second-order valence-corrected chi connectivity index (χ2v) is 18.3. The maximum absolute atomic E-state index is 6.63. The maximum atomic E-state index is 6.63. The van der Waals surface area contributed by atoms with Crippen LogP contribution in [0.1, 0.15) is 54.4 Å². The molecule has 1 rings (SSSR count). The van der Waals surface area contributed by atoms with Crippen LogP contribution in [0.5, 0.6) is 0 Å². The molecule has 3 unspecified atom stereocenters. The van der Waals surface area contributed by atoms with Crippen molar-refractivity contribution >= 4 is 36.4 Å². The molecule has 138 valence electrons. The molecule has 1 aliphatic rings. The number of hydrogen-bond donors (Lipinski definition) is 0. The lowest BCUT2D eigenvalue weighted by Gasteiger charge is -2.43. The quantitative estimate of drug-likeness (QED) is 0.443. The van der Waals surface area contributed by atoms with Crippen LogP contribution in [-0.4, -0.2) is 48.7 Å². The predicted molar refractivity (Wildman–Crippen MR) is 104 cm³/mol. The molecule has 0 aromatic carbocycles. The topological polar surface area (TPSA) is 46.2 Å². The van der Waals surface area contributed by atoms with Crippen molar-refractivity contribution in [2.45, 2.75) is 84.3 Å². The predicted octanol–water partition coefficient (Wildman–Crippen LogP) is 2.99. The highest BCUT2D eigenvalue weighted by Crippen LogP contribution is 2.27. The average Bonchev–Trinajstić information content (AvgIpc) is 2.55. The lowest BCUT2D eigenvalue weighted by molar-refractivity contribution is 0.0783. The minimum atomic E-state index is -2.43. The van der Waals surface area contributed by atoms with Crippen LogP contribution in [-0.2, 0) is 21.2 Å². The Morgan fingerprint density at radius 2 is 1.39 bits per heavy atom. The third kappa shape index (κ3) is 6.48. The lowest BCUT2D eigenvalue weighted by atomic mass is 10.4. The summed E-state index contributed by atoms with van der Waals surface area (Å²) in [4.78, 5) is 0. The zero-order valence-electron chi connectivity index (χ0n) is 15.8. The molecule has 1 aliphatic heterocycles. The van der Waals surface area contributed by atoms with Crippen molar-refractivity contribution in [3.63, 3.8) is 0 Å². The van der Waals surface area contributed by atoms with Gasteiger partial charge in [0, 0.05) is 6.61 Å². The first-order valence-electron chi connectivity index (χ1n) is 9.33. The van der Waals surface area contributed by atoms with E-state index in [4.69, 9.17) is 21.2 Å². The molecular weight excluding hydrogens is 360 g/mol. The lowest BCUT2D eigenvalue weighted by Crippen LogP contribution is -2.62. The Balaban J connectivity index is 2.91. The molecular formula is C14H36O5Si4. The van der Waals surface area contributed by atoms with Crippen molar-refractivity contribution in [3.05, 3.63) is 0 Å². The molecule has 9 heteroatoms. The van der Waals surface area contributed by atoms with Gasteiger partial charge >= 0.3 is 36.4 Å². The van der Waals surface area contributed by atoms with Crippen molar-refractivity contribution in [2.75, 3.05) is 6.61 Å². The highest BCUT2D eigenvalue weighted by Gasteiger charge is 2.49. The summed E-state index contributed by atoms with van der Waals surface area (Å²) in [6, 6.07) is 3.82. The van der Waals surface area contributed by atoms with E-state index in [2.05, 4.69) is 41.5 Å². The van der Waals surface area contributed by atoms with Crippen molar-refractivity contribution in [1.29, 1.82) is 0 Å². The van der Waals surface area contributed by atoms with Gasteiger partial charge < -0.3 is 21.2 Å². The molecule has 1 saturated heterocycles. The van der Waals surface area contributed by atoms with Crippen LogP contribution in [0, 0.1) is 0 Å². The standard InChI is InChI=1S/C14H36O5Si4/c1-7-12-13-15-14(6)23(11-5)18-21(9-3)16-20(8-2)17-22(10-4)19-23/h14,20-22H,7-13H2,1-6H3. The van der Waals surface area contributed by atoms with E-state index in [0.717, 1.165) is 43.6 Å². The molecule has 0 spiro atoms. The Morgan fingerprint density at radius 3 is 1.78 bits per heavy atom. The van der Waals surface area contributed by atoms with Crippen LogP contribution in [0.3, 0.4) is 0 Å². The Kier molecular flexibility index (Phi) is 10.7. The van der Waals surface area contributed by atoms with E-state index < -0.39 is 36.4 Å². The van der Waals surface area contributed by atoms with Gasteiger partial charge in [-0.3, -0.25) is 0 Å². The molecule has 0 bridgehead atoms. The highest BCUT2D eigenvalue weighted by molar-refractivity contribution is 6.83. The molecule has 0 aliphatic carbocycles. The summed E-state index contributed by atoms with van der Waals surface area (Å²) in [6.45, 7) is 13.7. The molecule has 1 heterocycles. The van der Waals surface area contributed by atoms with Crippen LogP contribution in [0.4, 0.5) is 0 Å². The van der Waals surface area contributed by atoms with Gasteiger partial charge in [-0.15, -0.1) is 0 Å². The normalized spacial score (nSPS) is 33.9. The van der Waals surface area contributed by atoms with Crippen LogP contribution in [0.2, 0.25) is 24.2 Å². The molecule has 0 amide bonds. The van der Waals surface area contributed by atoms with Gasteiger partial charge in [-0.2, -0.15) is 0 Å². The number of unbranched alkanes of at least 4 members (excludes halogenated alkanes) is 1. The summed E-state index contributed by atoms with van der Waals surface area (Å²) < 4.78 is 32.0. The van der Waals surface area contributed by atoms with Crippen LogP contribution < -0.4 is 0 Å². The minimum absolute atomic E-state index is 0.0363.